The van der Waals surface area contributed by atoms with Crippen LogP contribution in [0.2, 0.25) is 0 Å². The van der Waals surface area contributed by atoms with E-state index in [4.69, 9.17) is 4.74 Å². The van der Waals surface area contributed by atoms with Crippen molar-refractivity contribution in [2.45, 2.75) is 70.9 Å². The second kappa shape index (κ2) is 10.9. The van der Waals surface area contributed by atoms with Crippen LogP contribution in [-0.4, -0.2) is 19.4 Å². The summed E-state index contributed by atoms with van der Waals surface area (Å²) in [5.74, 6) is 0. The molecule has 0 saturated carbocycles. The Balaban J connectivity index is 2.99. The van der Waals surface area contributed by atoms with Crippen LogP contribution in [-0.2, 0) is 4.74 Å². The molecule has 0 saturated heterocycles. The highest BCUT2D eigenvalue weighted by molar-refractivity contribution is 4.50. The van der Waals surface area contributed by atoms with Crippen LogP contribution < -0.4 is 0 Å². The molecule has 0 bridgehead atoms. The van der Waals surface area contributed by atoms with Crippen molar-refractivity contribution in [2.75, 3.05) is 13.2 Å². The van der Waals surface area contributed by atoms with Gasteiger partial charge in [-0.05, 0) is 19.3 Å². The summed E-state index contributed by atoms with van der Waals surface area (Å²) in [7, 11) is 0. The second-order valence-electron chi connectivity index (χ2n) is 4.45. The predicted molar refractivity (Wildman–Crippen MR) is 64.1 cm³/mol. The third-order valence-corrected chi connectivity index (χ3v) is 2.64. The first-order valence-corrected chi connectivity index (χ1v) is 6.70. The first-order chi connectivity index (χ1) is 8.06. The molecule has 0 N–H and O–H groups in total. The third kappa shape index (κ3) is 15.8. The molecule has 0 rings (SSSR count). The summed E-state index contributed by atoms with van der Waals surface area (Å²) in [6.45, 7) is 3.34. The van der Waals surface area contributed by atoms with Crippen molar-refractivity contribution in [3.63, 3.8) is 0 Å². The number of hydrogen-bond donors (Lipinski definition) is 0. The molecule has 0 aromatic heterocycles. The van der Waals surface area contributed by atoms with Gasteiger partial charge in [0.25, 0.3) is 0 Å². The lowest BCUT2D eigenvalue weighted by Gasteiger charge is -2.06. The summed E-state index contributed by atoms with van der Waals surface area (Å²) in [5.41, 5.74) is 0. The Morgan fingerprint density at radius 1 is 0.765 bits per heavy atom. The van der Waals surface area contributed by atoms with Gasteiger partial charge < -0.3 is 4.74 Å². The first-order valence-electron chi connectivity index (χ1n) is 6.70. The van der Waals surface area contributed by atoms with Gasteiger partial charge in [0.05, 0.1) is 0 Å². The van der Waals surface area contributed by atoms with Gasteiger partial charge in [-0.15, -0.1) is 0 Å². The first kappa shape index (κ1) is 16.8. The number of unbranched alkanes of at least 4 members (excludes halogenated alkanes) is 6. The zero-order valence-electron chi connectivity index (χ0n) is 10.8. The van der Waals surface area contributed by atoms with Gasteiger partial charge in [-0.25, -0.2) is 0 Å². The molecule has 0 aliphatic carbocycles. The third-order valence-electron chi connectivity index (χ3n) is 2.64. The van der Waals surface area contributed by atoms with Gasteiger partial charge in [0.1, 0.15) is 0 Å². The molecule has 0 aromatic rings. The molecule has 0 radical (unpaired) electrons. The Morgan fingerprint density at radius 3 is 1.88 bits per heavy atom. The number of rotatable bonds is 11. The van der Waals surface area contributed by atoms with Crippen molar-refractivity contribution in [1.82, 2.24) is 0 Å². The minimum atomic E-state index is -4.01. The van der Waals surface area contributed by atoms with E-state index in [1.54, 1.807) is 0 Å². The normalized spacial score (nSPS) is 12.0. The van der Waals surface area contributed by atoms with E-state index in [-0.39, 0.29) is 6.42 Å². The van der Waals surface area contributed by atoms with E-state index < -0.39 is 12.6 Å². The van der Waals surface area contributed by atoms with Crippen LogP contribution in [0.3, 0.4) is 0 Å². The van der Waals surface area contributed by atoms with Crippen LogP contribution in [0.25, 0.3) is 0 Å². The Morgan fingerprint density at radius 2 is 1.29 bits per heavy atom. The van der Waals surface area contributed by atoms with Gasteiger partial charge in [-0.2, -0.15) is 13.2 Å². The van der Waals surface area contributed by atoms with Crippen LogP contribution >= 0.6 is 0 Å². The summed E-state index contributed by atoms with van der Waals surface area (Å²) in [6, 6.07) is 0. The molecule has 0 fully saturated rings. The Hall–Kier alpha value is -0.250. The van der Waals surface area contributed by atoms with Crippen molar-refractivity contribution in [3.8, 4) is 0 Å². The maximum atomic E-state index is 11.8. The zero-order chi connectivity index (χ0) is 13.0. The summed E-state index contributed by atoms with van der Waals surface area (Å²) in [6.07, 6.45) is 3.24. The van der Waals surface area contributed by atoms with E-state index in [9.17, 15) is 13.2 Å². The van der Waals surface area contributed by atoms with Gasteiger partial charge in [-0.1, -0.05) is 39.0 Å². The fourth-order valence-corrected chi connectivity index (χ4v) is 1.62. The molecule has 4 heteroatoms. The Bertz CT molecular complexity index is 157. The van der Waals surface area contributed by atoms with Gasteiger partial charge in [-0.3, -0.25) is 0 Å². The fourth-order valence-electron chi connectivity index (χ4n) is 1.62. The molecule has 0 atom stereocenters. The van der Waals surface area contributed by atoms with Crippen molar-refractivity contribution >= 4 is 0 Å². The van der Waals surface area contributed by atoms with Gasteiger partial charge >= 0.3 is 6.18 Å². The minimum Gasteiger partial charge on any atom is -0.381 e. The summed E-state index contributed by atoms with van der Waals surface area (Å²) < 4.78 is 40.7. The number of halogens is 3. The van der Waals surface area contributed by atoms with Crippen molar-refractivity contribution in [1.29, 1.82) is 0 Å². The number of ether oxygens (including phenoxy) is 1. The van der Waals surface area contributed by atoms with Gasteiger partial charge in [0, 0.05) is 19.6 Å². The SMILES string of the molecule is CCCCCCCCOCCCCC(F)(F)F. The van der Waals surface area contributed by atoms with E-state index in [0.717, 1.165) is 6.42 Å². The lowest BCUT2D eigenvalue weighted by Crippen LogP contribution is -2.07. The predicted octanol–water partition coefficient (Wildman–Crippen LogP) is 5.10. The molecule has 0 amide bonds. The summed E-state index contributed by atoms with van der Waals surface area (Å²) in [5, 5.41) is 0. The van der Waals surface area contributed by atoms with Gasteiger partial charge in [0.2, 0.25) is 0 Å². The van der Waals surface area contributed by atoms with Crippen LogP contribution in [0, 0.1) is 0 Å². The maximum absolute atomic E-state index is 11.8. The van der Waals surface area contributed by atoms with E-state index >= 15 is 0 Å². The van der Waals surface area contributed by atoms with Crippen molar-refractivity contribution in [3.05, 3.63) is 0 Å². The van der Waals surface area contributed by atoms with E-state index in [0.29, 0.717) is 19.6 Å². The Kier molecular flexibility index (Phi) is 10.7. The van der Waals surface area contributed by atoms with Crippen molar-refractivity contribution in [2.24, 2.45) is 0 Å². The summed E-state index contributed by atoms with van der Waals surface area (Å²) >= 11 is 0. The average molecular weight is 254 g/mol. The zero-order valence-corrected chi connectivity index (χ0v) is 10.8. The standard InChI is InChI=1S/C13H25F3O/c1-2-3-4-5-6-8-11-17-12-9-7-10-13(14,15)16/h2-12H2,1H3. The molecule has 0 aliphatic rings. The molecule has 0 heterocycles. The van der Waals surface area contributed by atoms with Crippen LogP contribution in [0.5, 0.6) is 0 Å². The van der Waals surface area contributed by atoms with Crippen LogP contribution in [0.15, 0.2) is 0 Å². The second-order valence-corrected chi connectivity index (χ2v) is 4.45. The molecule has 17 heavy (non-hydrogen) atoms. The van der Waals surface area contributed by atoms with E-state index in [1.807, 2.05) is 0 Å². The molecule has 0 unspecified atom stereocenters. The highest BCUT2D eigenvalue weighted by Gasteiger charge is 2.25. The molecular formula is C13H25F3O. The molecular weight excluding hydrogens is 229 g/mol. The van der Waals surface area contributed by atoms with Gasteiger partial charge in [0.15, 0.2) is 0 Å². The molecule has 0 spiro atoms. The Labute approximate surface area is 103 Å². The number of alkyl halides is 3. The molecule has 1 nitrogen and oxygen atoms in total. The average Bonchev–Trinajstić information content (AvgIpc) is 2.24. The monoisotopic (exact) mass is 254 g/mol. The van der Waals surface area contributed by atoms with Crippen molar-refractivity contribution < 1.29 is 17.9 Å². The smallest absolute Gasteiger partial charge is 0.381 e. The summed E-state index contributed by atoms with van der Waals surface area (Å²) in [4.78, 5) is 0. The largest absolute Gasteiger partial charge is 0.389 e. The van der Waals surface area contributed by atoms with E-state index in [1.165, 1.54) is 32.1 Å². The van der Waals surface area contributed by atoms with Crippen LogP contribution in [0.1, 0.15) is 64.7 Å². The molecule has 0 aromatic carbocycles. The molecule has 104 valence electrons. The molecule has 0 aliphatic heterocycles. The number of hydrogen-bond acceptors (Lipinski definition) is 1. The van der Waals surface area contributed by atoms with E-state index in [2.05, 4.69) is 6.92 Å². The fraction of sp³-hybridized carbons (Fsp3) is 1.00. The topological polar surface area (TPSA) is 9.23 Å². The quantitative estimate of drug-likeness (QED) is 0.466. The maximum Gasteiger partial charge on any atom is 0.389 e. The lowest BCUT2D eigenvalue weighted by atomic mass is 10.1. The highest BCUT2D eigenvalue weighted by atomic mass is 19.4. The van der Waals surface area contributed by atoms with Crippen LogP contribution in [0.4, 0.5) is 13.2 Å². The minimum absolute atomic E-state index is 0.181. The lowest BCUT2D eigenvalue weighted by molar-refractivity contribution is -0.136. The highest BCUT2D eigenvalue weighted by Crippen LogP contribution is 2.21.